The van der Waals surface area contributed by atoms with E-state index in [-0.39, 0.29) is 0 Å². The molecule has 1 nitrogen and oxygen atoms in total. The Morgan fingerprint density at radius 2 is 0.792 bits per heavy atom. The minimum atomic E-state index is 0.524. The van der Waals surface area contributed by atoms with E-state index >= 15 is 0 Å². The zero-order valence-electron chi connectivity index (χ0n) is 17.2. The maximum atomic E-state index is 10.2. The van der Waals surface area contributed by atoms with Crippen LogP contribution in [0.25, 0.3) is 0 Å². The first-order chi connectivity index (χ1) is 11.6. The molecule has 0 amide bonds. The van der Waals surface area contributed by atoms with E-state index in [9.17, 15) is 4.79 Å². The number of hydrogen-bond acceptors (Lipinski definition) is 1. The van der Waals surface area contributed by atoms with Gasteiger partial charge in [-0.2, -0.15) is 0 Å². The molecule has 0 aliphatic carbocycles. The Labute approximate surface area is 153 Å². The van der Waals surface area contributed by atoms with E-state index in [1.165, 1.54) is 103 Å². The molecule has 0 aromatic carbocycles. The minimum Gasteiger partial charge on any atom is -0.303 e. The summed E-state index contributed by atoms with van der Waals surface area (Å²) in [6.45, 7) is 7.05. The Morgan fingerprint density at radius 3 is 1.08 bits per heavy atom. The maximum absolute atomic E-state index is 10.2. The van der Waals surface area contributed by atoms with Gasteiger partial charge in [0.05, 0.1) is 0 Å². The first-order valence-electron chi connectivity index (χ1n) is 11.0. The SMILES string of the molecule is CC(C)(C)CCCCCCCCCCCCCCCCCCC=O. The lowest BCUT2D eigenvalue weighted by molar-refractivity contribution is -0.107. The van der Waals surface area contributed by atoms with Crippen LogP contribution in [0.4, 0.5) is 0 Å². The fraction of sp³-hybridized carbons (Fsp3) is 0.957. The van der Waals surface area contributed by atoms with E-state index in [0.29, 0.717) is 5.41 Å². The molecule has 0 N–H and O–H groups in total. The average Bonchev–Trinajstić information content (AvgIpc) is 2.52. The number of carbonyl (C=O) groups is 1. The van der Waals surface area contributed by atoms with Gasteiger partial charge in [-0.1, -0.05) is 117 Å². The van der Waals surface area contributed by atoms with Gasteiger partial charge in [-0.3, -0.25) is 0 Å². The molecule has 24 heavy (non-hydrogen) atoms. The highest BCUT2D eigenvalue weighted by atomic mass is 16.1. The summed E-state index contributed by atoms with van der Waals surface area (Å²) in [5.74, 6) is 0. The fourth-order valence-corrected chi connectivity index (χ4v) is 3.36. The molecule has 0 rings (SSSR count). The molecule has 0 heterocycles. The van der Waals surface area contributed by atoms with Crippen LogP contribution < -0.4 is 0 Å². The molecule has 0 aromatic rings. The number of unbranched alkanes of at least 4 members (excludes halogenated alkanes) is 16. The van der Waals surface area contributed by atoms with Crippen LogP contribution in [0.3, 0.4) is 0 Å². The van der Waals surface area contributed by atoms with Gasteiger partial charge in [0, 0.05) is 6.42 Å². The third-order valence-electron chi connectivity index (χ3n) is 5.00. The van der Waals surface area contributed by atoms with Crippen molar-refractivity contribution in [3.05, 3.63) is 0 Å². The fourth-order valence-electron chi connectivity index (χ4n) is 3.36. The summed E-state index contributed by atoms with van der Waals surface area (Å²) in [6.07, 6.45) is 25.5. The van der Waals surface area contributed by atoms with Crippen molar-refractivity contribution in [1.29, 1.82) is 0 Å². The first-order valence-corrected chi connectivity index (χ1v) is 11.0. The normalized spacial score (nSPS) is 11.8. The molecular weight excluding hydrogens is 292 g/mol. The molecule has 1 heteroatoms. The largest absolute Gasteiger partial charge is 0.303 e. The van der Waals surface area contributed by atoms with Crippen LogP contribution in [0.2, 0.25) is 0 Å². The zero-order valence-corrected chi connectivity index (χ0v) is 17.2. The lowest BCUT2D eigenvalue weighted by Gasteiger charge is -2.17. The predicted octanol–water partition coefficient (Wildman–Crippen LogP) is 8.25. The molecule has 0 bridgehead atoms. The molecular formula is C23H46O. The van der Waals surface area contributed by atoms with Crippen molar-refractivity contribution >= 4 is 6.29 Å². The maximum Gasteiger partial charge on any atom is 0.119 e. The Bertz CT molecular complexity index is 251. The van der Waals surface area contributed by atoms with Crippen LogP contribution in [0.1, 0.15) is 136 Å². The molecule has 0 unspecified atom stereocenters. The van der Waals surface area contributed by atoms with E-state index < -0.39 is 0 Å². The van der Waals surface area contributed by atoms with Crippen molar-refractivity contribution in [2.45, 2.75) is 136 Å². The molecule has 0 atom stereocenters. The van der Waals surface area contributed by atoms with E-state index in [1.54, 1.807) is 0 Å². The second-order valence-corrected chi connectivity index (χ2v) is 8.92. The van der Waals surface area contributed by atoms with Crippen molar-refractivity contribution in [1.82, 2.24) is 0 Å². The van der Waals surface area contributed by atoms with Crippen molar-refractivity contribution in [2.75, 3.05) is 0 Å². The number of carbonyl (C=O) groups excluding carboxylic acids is 1. The van der Waals surface area contributed by atoms with Crippen LogP contribution in [0, 0.1) is 5.41 Å². The van der Waals surface area contributed by atoms with Gasteiger partial charge in [-0.25, -0.2) is 0 Å². The Balaban J connectivity index is 3.01. The molecule has 0 aliphatic rings. The van der Waals surface area contributed by atoms with E-state index in [4.69, 9.17) is 0 Å². The standard InChI is InChI=1S/C23H46O/c1-23(2,3)21-19-17-15-13-11-9-7-5-4-6-8-10-12-14-16-18-20-22-24/h22H,4-21H2,1-3H3. The average molecular weight is 339 g/mol. The van der Waals surface area contributed by atoms with E-state index in [1.807, 2.05) is 0 Å². The van der Waals surface area contributed by atoms with Gasteiger partial charge in [-0.05, 0) is 18.3 Å². The Kier molecular flexibility index (Phi) is 17.3. The van der Waals surface area contributed by atoms with Crippen LogP contribution >= 0.6 is 0 Å². The highest BCUT2D eigenvalue weighted by molar-refractivity contribution is 5.48. The molecule has 0 aromatic heterocycles. The number of aldehydes is 1. The summed E-state index contributed by atoms with van der Waals surface area (Å²) in [5, 5.41) is 0. The van der Waals surface area contributed by atoms with Gasteiger partial charge < -0.3 is 4.79 Å². The summed E-state index contributed by atoms with van der Waals surface area (Å²) < 4.78 is 0. The van der Waals surface area contributed by atoms with Crippen LogP contribution in [-0.2, 0) is 4.79 Å². The topological polar surface area (TPSA) is 17.1 Å². The first kappa shape index (κ1) is 23.7. The quantitative estimate of drug-likeness (QED) is 0.181. The second kappa shape index (κ2) is 17.5. The lowest BCUT2D eigenvalue weighted by Crippen LogP contribution is -2.03. The van der Waals surface area contributed by atoms with Crippen LogP contribution in [0.5, 0.6) is 0 Å². The van der Waals surface area contributed by atoms with Crippen molar-refractivity contribution in [3.8, 4) is 0 Å². The highest BCUT2D eigenvalue weighted by Crippen LogP contribution is 2.22. The van der Waals surface area contributed by atoms with E-state index in [2.05, 4.69) is 20.8 Å². The molecule has 0 fully saturated rings. The zero-order chi connectivity index (χ0) is 17.9. The molecule has 144 valence electrons. The molecule has 0 spiro atoms. The van der Waals surface area contributed by atoms with Crippen molar-refractivity contribution in [3.63, 3.8) is 0 Å². The Hall–Kier alpha value is -0.330. The molecule has 0 radical (unpaired) electrons. The van der Waals surface area contributed by atoms with E-state index in [0.717, 1.165) is 19.1 Å². The number of hydrogen-bond donors (Lipinski definition) is 0. The predicted molar refractivity (Wildman–Crippen MR) is 109 cm³/mol. The monoisotopic (exact) mass is 338 g/mol. The summed E-state index contributed by atoms with van der Waals surface area (Å²) >= 11 is 0. The molecule has 0 saturated carbocycles. The van der Waals surface area contributed by atoms with Crippen molar-refractivity contribution in [2.24, 2.45) is 5.41 Å². The third kappa shape index (κ3) is 21.7. The van der Waals surface area contributed by atoms with Crippen LogP contribution in [-0.4, -0.2) is 6.29 Å². The molecule has 0 aliphatic heterocycles. The smallest absolute Gasteiger partial charge is 0.119 e. The Morgan fingerprint density at radius 1 is 0.500 bits per heavy atom. The summed E-state index contributed by atoms with van der Waals surface area (Å²) in [4.78, 5) is 10.2. The van der Waals surface area contributed by atoms with Crippen LogP contribution in [0.15, 0.2) is 0 Å². The summed E-state index contributed by atoms with van der Waals surface area (Å²) in [6, 6.07) is 0. The van der Waals surface area contributed by atoms with Gasteiger partial charge in [-0.15, -0.1) is 0 Å². The number of rotatable bonds is 18. The van der Waals surface area contributed by atoms with Gasteiger partial charge in [0.25, 0.3) is 0 Å². The third-order valence-corrected chi connectivity index (χ3v) is 5.00. The van der Waals surface area contributed by atoms with Gasteiger partial charge in [0.15, 0.2) is 0 Å². The van der Waals surface area contributed by atoms with Gasteiger partial charge in [0.2, 0.25) is 0 Å². The van der Waals surface area contributed by atoms with Gasteiger partial charge >= 0.3 is 0 Å². The van der Waals surface area contributed by atoms with Crippen molar-refractivity contribution < 1.29 is 4.79 Å². The minimum absolute atomic E-state index is 0.524. The molecule has 0 saturated heterocycles. The second-order valence-electron chi connectivity index (χ2n) is 8.92. The highest BCUT2D eigenvalue weighted by Gasteiger charge is 2.08. The summed E-state index contributed by atoms with van der Waals surface area (Å²) in [7, 11) is 0. The van der Waals surface area contributed by atoms with Gasteiger partial charge in [0.1, 0.15) is 6.29 Å². The lowest BCUT2D eigenvalue weighted by atomic mass is 9.89. The summed E-state index contributed by atoms with van der Waals surface area (Å²) in [5.41, 5.74) is 0.524.